The van der Waals surface area contributed by atoms with Crippen molar-refractivity contribution in [2.75, 3.05) is 19.6 Å². The van der Waals surface area contributed by atoms with Crippen LogP contribution in [0.3, 0.4) is 0 Å². The van der Waals surface area contributed by atoms with Crippen LogP contribution in [0.5, 0.6) is 0 Å². The lowest BCUT2D eigenvalue weighted by Gasteiger charge is -2.23. The fourth-order valence-corrected chi connectivity index (χ4v) is 3.30. The number of carbonyl (C=O) groups is 1. The number of aromatic nitrogens is 3. The van der Waals surface area contributed by atoms with Gasteiger partial charge in [-0.1, -0.05) is 18.2 Å². The van der Waals surface area contributed by atoms with Gasteiger partial charge in [-0.2, -0.15) is 5.10 Å². The molecule has 31 heavy (non-hydrogen) atoms. The van der Waals surface area contributed by atoms with Crippen molar-refractivity contribution >= 4 is 36.0 Å². The molecule has 2 aromatic rings. The lowest BCUT2D eigenvalue weighted by atomic mass is 10.1. The average molecular weight is 541 g/mol. The topological polar surface area (TPSA) is 108 Å². The Hall–Kier alpha value is -2.37. The van der Waals surface area contributed by atoms with Crippen molar-refractivity contribution in [3.8, 4) is 11.4 Å². The number of aliphatic imine (C=N–C) groups is 1. The lowest BCUT2D eigenvalue weighted by molar-refractivity contribution is 0.0507. The van der Waals surface area contributed by atoms with Gasteiger partial charge in [0.2, 0.25) is 0 Å². The molecule has 1 amide bonds. The number of hydrogen-bond donors (Lipinski definition) is 3. The van der Waals surface area contributed by atoms with E-state index in [1.165, 1.54) is 6.33 Å². The molecule has 0 aliphatic carbocycles. The number of H-pyrrole nitrogens is 1. The summed E-state index contributed by atoms with van der Waals surface area (Å²) < 4.78 is 5.36. The summed E-state index contributed by atoms with van der Waals surface area (Å²) in [5.41, 5.74) is 1.56. The van der Waals surface area contributed by atoms with Gasteiger partial charge in [-0.15, -0.1) is 24.0 Å². The standard InChI is InChI=1S/C21H31N7O2.HI/c1-5-22-19(28-10-9-17(13-28)26-20(29)30-21(2,3)4)23-12-15-7-6-8-16(11-15)18-24-14-25-27-18;/h6-8,11,14,17H,5,9-10,12-13H2,1-4H3,(H,22,23)(H,26,29)(H,24,25,27);1H. The first-order chi connectivity index (χ1) is 14.3. The molecule has 9 nitrogen and oxygen atoms in total. The van der Waals surface area contributed by atoms with Gasteiger partial charge in [0.05, 0.1) is 12.6 Å². The fourth-order valence-electron chi connectivity index (χ4n) is 3.30. The van der Waals surface area contributed by atoms with Crippen LogP contribution in [0.4, 0.5) is 4.79 Å². The lowest BCUT2D eigenvalue weighted by Crippen LogP contribution is -2.44. The maximum absolute atomic E-state index is 12.0. The molecule has 170 valence electrons. The van der Waals surface area contributed by atoms with Crippen LogP contribution in [-0.4, -0.2) is 63.4 Å². The zero-order chi connectivity index (χ0) is 21.6. The van der Waals surface area contributed by atoms with Crippen molar-refractivity contribution < 1.29 is 9.53 Å². The molecule has 0 radical (unpaired) electrons. The van der Waals surface area contributed by atoms with Gasteiger partial charge in [-0.25, -0.2) is 14.8 Å². The number of ether oxygens (including phenoxy) is 1. The predicted octanol–water partition coefficient (Wildman–Crippen LogP) is 3.15. The van der Waals surface area contributed by atoms with Crippen molar-refractivity contribution in [1.82, 2.24) is 30.7 Å². The maximum atomic E-state index is 12.0. The van der Waals surface area contributed by atoms with Crippen LogP contribution >= 0.6 is 24.0 Å². The number of nitrogens with one attached hydrogen (secondary N) is 3. The molecular formula is C21H32IN7O2. The molecule has 1 aromatic carbocycles. The maximum Gasteiger partial charge on any atom is 0.407 e. The Labute approximate surface area is 200 Å². The van der Waals surface area contributed by atoms with Gasteiger partial charge in [0.15, 0.2) is 11.8 Å². The van der Waals surface area contributed by atoms with Crippen molar-refractivity contribution in [2.24, 2.45) is 4.99 Å². The monoisotopic (exact) mass is 541 g/mol. The van der Waals surface area contributed by atoms with Gasteiger partial charge in [-0.3, -0.25) is 5.10 Å². The molecule has 3 rings (SSSR count). The molecule has 3 N–H and O–H groups in total. The molecule has 0 bridgehead atoms. The zero-order valence-electron chi connectivity index (χ0n) is 18.5. The summed E-state index contributed by atoms with van der Waals surface area (Å²) in [5, 5.41) is 13.1. The molecule has 0 spiro atoms. The highest BCUT2D eigenvalue weighted by Gasteiger charge is 2.27. The van der Waals surface area contributed by atoms with E-state index in [9.17, 15) is 4.79 Å². The van der Waals surface area contributed by atoms with Crippen LogP contribution < -0.4 is 10.6 Å². The molecule has 1 atom stereocenters. The van der Waals surface area contributed by atoms with E-state index >= 15 is 0 Å². The van der Waals surface area contributed by atoms with E-state index in [-0.39, 0.29) is 36.1 Å². The number of likely N-dealkylation sites (tertiary alicyclic amines) is 1. The summed E-state index contributed by atoms with van der Waals surface area (Å²) in [6, 6.07) is 8.13. The first-order valence-electron chi connectivity index (χ1n) is 10.3. The summed E-state index contributed by atoms with van der Waals surface area (Å²) in [6.07, 6.45) is 1.98. The van der Waals surface area contributed by atoms with Crippen LogP contribution in [-0.2, 0) is 11.3 Å². The minimum absolute atomic E-state index is 0. The number of nitrogens with zero attached hydrogens (tertiary/aromatic N) is 4. The Morgan fingerprint density at radius 3 is 2.87 bits per heavy atom. The Morgan fingerprint density at radius 1 is 1.39 bits per heavy atom. The van der Waals surface area contributed by atoms with E-state index in [1.54, 1.807) is 0 Å². The van der Waals surface area contributed by atoms with E-state index in [0.717, 1.165) is 42.4 Å². The van der Waals surface area contributed by atoms with E-state index in [0.29, 0.717) is 13.1 Å². The second-order valence-corrected chi connectivity index (χ2v) is 8.28. The Balaban J connectivity index is 0.00000341. The Kier molecular flexibility index (Phi) is 9.08. The van der Waals surface area contributed by atoms with E-state index in [2.05, 4.69) is 36.8 Å². The van der Waals surface area contributed by atoms with Crippen LogP contribution in [0.1, 0.15) is 39.7 Å². The van der Waals surface area contributed by atoms with E-state index in [1.807, 2.05) is 45.9 Å². The Bertz CT molecular complexity index is 865. The van der Waals surface area contributed by atoms with Gasteiger partial charge in [-0.05, 0) is 45.7 Å². The zero-order valence-corrected chi connectivity index (χ0v) is 20.8. The second kappa shape index (κ2) is 11.3. The smallest absolute Gasteiger partial charge is 0.407 e. The van der Waals surface area contributed by atoms with Gasteiger partial charge in [0.25, 0.3) is 0 Å². The van der Waals surface area contributed by atoms with E-state index < -0.39 is 5.60 Å². The second-order valence-electron chi connectivity index (χ2n) is 8.28. The number of amides is 1. The molecule has 2 heterocycles. The number of halogens is 1. The third-order valence-corrected chi connectivity index (χ3v) is 4.57. The molecule has 0 saturated carbocycles. The van der Waals surface area contributed by atoms with Gasteiger partial charge >= 0.3 is 6.09 Å². The van der Waals surface area contributed by atoms with E-state index in [4.69, 9.17) is 9.73 Å². The summed E-state index contributed by atoms with van der Waals surface area (Å²) >= 11 is 0. The number of carbonyl (C=O) groups excluding carboxylic acids is 1. The number of aromatic amines is 1. The predicted molar refractivity (Wildman–Crippen MR) is 131 cm³/mol. The summed E-state index contributed by atoms with van der Waals surface area (Å²) in [7, 11) is 0. The SMILES string of the molecule is CCNC(=NCc1cccc(-c2ncn[nH]2)c1)N1CCC(NC(=O)OC(C)(C)C)C1.I. The van der Waals surface area contributed by atoms with Crippen molar-refractivity contribution in [1.29, 1.82) is 0 Å². The first kappa shape index (κ1) is 24.9. The van der Waals surface area contributed by atoms with Crippen molar-refractivity contribution in [3.63, 3.8) is 0 Å². The normalized spacial score (nSPS) is 16.6. The van der Waals surface area contributed by atoms with Crippen molar-refractivity contribution in [2.45, 2.75) is 52.3 Å². The number of guanidine groups is 1. The number of hydrogen-bond acceptors (Lipinski definition) is 5. The molecule has 1 saturated heterocycles. The highest BCUT2D eigenvalue weighted by Crippen LogP contribution is 2.17. The molecule has 10 heteroatoms. The molecule has 1 aromatic heterocycles. The summed E-state index contributed by atoms with van der Waals surface area (Å²) in [6.45, 7) is 10.5. The van der Waals surface area contributed by atoms with Gasteiger partial charge in [0, 0.05) is 25.2 Å². The fraction of sp³-hybridized carbons (Fsp3) is 0.524. The highest BCUT2D eigenvalue weighted by molar-refractivity contribution is 14.0. The summed E-state index contributed by atoms with van der Waals surface area (Å²) in [4.78, 5) is 23.2. The molecular weight excluding hydrogens is 509 g/mol. The highest BCUT2D eigenvalue weighted by atomic mass is 127. The largest absolute Gasteiger partial charge is 0.444 e. The third kappa shape index (κ3) is 7.67. The van der Waals surface area contributed by atoms with Crippen LogP contribution in [0, 0.1) is 0 Å². The molecule has 1 unspecified atom stereocenters. The third-order valence-electron chi connectivity index (χ3n) is 4.57. The quantitative estimate of drug-likeness (QED) is 0.305. The molecule has 1 fully saturated rings. The first-order valence-corrected chi connectivity index (χ1v) is 10.3. The van der Waals surface area contributed by atoms with Gasteiger partial charge in [0.1, 0.15) is 11.9 Å². The number of benzene rings is 1. The van der Waals surface area contributed by atoms with Crippen LogP contribution in [0.25, 0.3) is 11.4 Å². The molecule has 1 aliphatic heterocycles. The van der Waals surface area contributed by atoms with Crippen molar-refractivity contribution in [3.05, 3.63) is 36.2 Å². The minimum atomic E-state index is -0.501. The van der Waals surface area contributed by atoms with Crippen LogP contribution in [0.15, 0.2) is 35.6 Å². The molecule has 1 aliphatic rings. The van der Waals surface area contributed by atoms with Crippen LogP contribution in [0.2, 0.25) is 0 Å². The number of alkyl carbamates (subject to hydrolysis) is 1. The average Bonchev–Trinajstić information content (AvgIpc) is 3.36. The minimum Gasteiger partial charge on any atom is -0.444 e. The number of rotatable bonds is 5. The van der Waals surface area contributed by atoms with Gasteiger partial charge < -0.3 is 20.3 Å². The Morgan fingerprint density at radius 2 is 2.19 bits per heavy atom. The summed E-state index contributed by atoms with van der Waals surface area (Å²) in [5.74, 6) is 1.58.